The lowest BCUT2D eigenvalue weighted by atomic mass is 9.91. The highest BCUT2D eigenvalue weighted by atomic mass is 16.6. The third-order valence-electron chi connectivity index (χ3n) is 9.16. The molecule has 47 heavy (non-hydrogen) atoms. The fourth-order valence-electron chi connectivity index (χ4n) is 6.63. The summed E-state index contributed by atoms with van der Waals surface area (Å²) in [4.78, 5) is 45.6. The number of ether oxygens (including phenoxy) is 4. The van der Waals surface area contributed by atoms with E-state index < -0.39 is 24.1 Å². The zero-order valence-electron chi connectivity index (χ0n) is 28.1. The Morgan fingerprint density at radius 1 is 1.04 bits per heavy atom. The van der Waals surface area contributed by atoms with Gasteiger partial charge in [-0.3, -0.25) is 14.5 Å². The van der Waals surface area contributed by atoms with Crippen molar-refractivity contribution < 1.29 is 33.3 Å². The van der Waals surface area contributed by atoms with Gasteiger partial charge in [0, 0.05) is 37.9 Å². The zero-order valence-corrected chi connectivity index (χ0v) is 28.1. The van der Waals surface area contributed by atoms with Gasteiger partial charge in [0.2, 0.25) is 17.7 Å². The molecule has 3 aliphatic rings. The Kier molecular flexibility index (Phi) is 11.4. The van der Waals surface area contributed by atoms with E-state index in [-0.39, 0.29) is 24.0 Å². The second kappa shape index (κ2) is 15.5. The van der Waals surface area contributed by atoms with E-state index in [0.717, 1.165) is 87.2 Å². The first-order valence-corrected chi connectivity index (χ1v) is 17.0. The second-order valence-electron chi connectivity index (χ2n) is 14.3. The number of benzene rings is 1. The first-order chi connectivity index (χ1) is 22.5. The normalized spacial score (nSPS) is 23.1. The lowest BCUT2D eigenvalue weighted by Gasteiger charge is -2.27. The number of carbonyl (C=O) groups is 3. The average molecular weight is 654 g/mol. The van der Waals surface area contributed by atoms with Crippen LogP contribution in [0.2, 0.25) is 0 Å². The van der Waals surface area contributed by atoms with Crippen LogP contribution in [0.5, 0.6) is 11.6 Å². The first-order valence-electron chi connectivity index (χ1n) is 17.0. The van der Waals surface area contributed by atoms with Crippen molar-refractivity contribution in [2.45, 2.75) is 90.4 Å². The lowest BCUT2D eigenvalue weighted by Crippen LogP contribution is -2.44. The Hall–Kier alpha value is -3.64. The molecule has 3 heterocycles. The minimum Gasteiger partial charge on any atom is -0.491 e. The van der Waals surface area contributed by atoms with Crippen LogP contribution in [0.3, 0.4) is 0 Å². The molecule has 2 aliphatic heterocycles. The summed E-state index contributed by atoms with van der Waals surface area (Å²) in [5.74, 6) is 0.982. The molecule has 1 saturated carbocycles. The molecular formula is C35H51N5O7. The van der Waals surface area contributed by atoms with Gasteiger partial charge in [0.25, 0.3) is 0 Å². The van der Waals surface area contributed by atoms with Gasteiger partial charge in [-0.05, 0) is 49.1 Å². The molecule has 1 aromatic carbocycles. The topological polar surface area (TPSA) is 160 Å². The standard InChI is InChI=1S/C35H51N5O7/c1-35(2,3)21-30(41)40-22-24(20-28(40)32(36)42)46-33-26(11-6-4-5-9-23-19-29(23)47-34(37)43)31(25-10-7-8-12-27(25)38-33)45-18-15-39-13-16-44-17-14-39/h7-8,10,12,23-24,28-29H,4-6,9,11,13-22H2,1-3H3,(H2,36,42)(H2,37,43)/t23-,24-,28+,29-/m1/s1. The third kappa shape index (κ3) is 9.70. The number of rotatable bonds is 15. The molecule has 2 aromatic rings. The SMILES string of the molecule is CC(C)(C)CC(=O)N1C[C@H](Oc2nc3ccccc3c(OCCN3CCOCC3)c2CCCCC[C@@H]2C[C@H]2OC(N)=O)C[C@H]1C(N)=O. The largest absolute Gasteiger partial charge is 0.491 e. The maximum Gasteiger partial charge on any atom is 0.404 e. The molecule has 1 aromatic heterocycles. The van der Waals surface area contributed by atoms with Crippen LogP contribution in [0.1, 0.15) is 71.3 Å². The number of fused-ring (bicyclic) bond motifs is 1. The summed E-state index contributed by atoms with van der Waals surface area (Å²) in [6.45, 7) is 10.7. The predicted octanol–water partition coefficient (Wildman–Crippen LogP) is 3.80. The van der Waals surface area contributed by atoms with Crippen LogP contribution in [0.15, 0.2) is 24.3 Å². The molecule has 5 rings (SSSR count). The minimum absolute atomic E-state index is 0.0471. The van der Waals surface area contributed by atoms with E-state index in [0.29, 0.717) is 37.7 Å². The van der Waals surface area contributed by atoms with Crippen LogP contribution in [0, 0.1) is 11.3 Å². The first kappa shape index (κ1) is 34.7. The Morgan fingerprint density at radius 2 is 1.81 bits per heavy atom. The predicted molar refractivity (Wildman–Crippen MR) is 177 cm³/mol. The molecule has 0 unspecified atom stereocenters. The smallest absolute Gasteiger partial charge is 0.404 e. The van der Waals surface area contributed by atoms with E-state index in [1.54, 1.807) is 4.90 Å². The quantitative estimate of drug-likeness (QED) is 0.273. The molecule has 3 amide bonds. The number of primary amides is 2. The number of carbonyl (C=O) groups excluding carboxylic acids is 3. The number of aromatic nitrogens is 1. The van der Waals surface area contributed by atoms with Crippen LogP contribution in [-0.4, -0.2) is 96.9 Å². The van der Waals surface area contributed by atoms with Gasteiger partial charge in [-0.1, -0.05) is 45.7 Å². The molecule has 2 saturated heterocycles. The fourth-order valence-corrected chi connectivity index (χ4v) is 6.63. The summed E-state index contributed by atoms with van der Waals surface area (Å²) >= 11 is 0. The second-order valence-corrected chi connectivity index (χ2v) is 14.3. The van der Waals surface area contributed by atoms with Crippen molar-refractivity contribution in [2.75, 3.05) is 46.0 Å². The number of nitrogens with zero attached hydrogens (tertiary/aromatic N) is 3. The summed E-state index contributed by atoms with van der Waals surface area (Å²) in [6, 6.07) is 7.16. The van der Waals surface area contributed by atoms with Gasteiger partial charge in [-0.2, -0.15) is 0 Å². The van der Waals surface area contributed by atoms with Crippen molar-refractivity contribution in [3.8, 4) is 11.6 Å². The van der Waals surface area contributed by atoms with Crippen molar-refractivity contribution >= 4 is 28.8 Å². The average Bonchev–Trinajstić information content (AvgIpc) is 3.59. The minimum atomic E-state index is -0.729. The summed E-state index contributed by atoms with van der Waals surface area (Å²) in [5, 5.41) is 0.921. The Morgan fingerprint density at radius 3 is 2.53 bits per heavy atom. The van der Waals surface area contributed by atoms with Gasteiger partial charge in [-0.25, -0.2) is 9.78 Å². The van der Waals surface area contributed by atoms with Gasteiger partial charge in [-0.15, -0.1) is 0 Å². The molecule has 258 valence electrons. The molecule has 4 N–H and O–H groups in total. The highest BCUT2D eigenvalue weighted by molar-refractivity contribution is 5.88. The molecule has 4 atom stereocenters. The molecule has 12 heteroatoms. The molecule has 0 spiro atoms. The van der Waals surface area contributed by atoms with E-state index in [9.17, 15) is 14.4 Å². The number of para-hydroxylation sites is 1. The van der Waals surface area contributed by atoms with E-state index >= 15 is 0 Å². The maximum absolute atomic E-state index is 13.2. The fraction of sp³-hybridized carbons (Fsp3) is 0.657. The lowest BCUT2D eigenvalue weighted by molar-refractivity contribution is -0.138. The highest BCUT2D eigenvalue weighted by Gasteiger charge is 2.41. The van der Waals surface area contributed by atoms with E-state index in [1.807, 2.05) is 45.0 Å². The molecule has 12 nitrogen and oxygen atoms in total. The van der Waals surface area contributed by atoms with E-state index in [4.69, 9.17) is 35.4 Å². The van der Waals surface area contributed by atoms with Crippen molar-refractivity contribution in [2.24, 2.45) is 22.8 Å². The van der Waals surface area contributed by atoms with Gasteiger partial charge in [0.15, 0.2) is 0 Å². The van der Waals surface area contributed by atoms with Crippen molar-refractivity contribution in [3.63, 3.8) is 0 Å². The maximum atomic E-state index is 13.2. The van der Waals surface area contributed by atoms with Crippen molar-refractivity contribution in [1.29, 1.82) is 0 Å². The van der Waals surface area contributed by atoms with Crippen LogP contribution in [0.25, 0.3) is 10.9 Å². The van der Waals surface area contributed by atoms with Gasteiger partial charge in [0.1, 0.15) is 30.6 Å². The molecule has 1 aliphatic carbocycles. The number of pyridine rings is 1. The molecule has 3 fully saturated rings. The monoisotopic (exact) mass is 653 g/mol. The Bertz CT molecular complexity index is 1410. The number of morpholine rings is 1. The van der Waals surface area contributed by atoms with Gasteiger partial charge < -0.3 is 35.3 Å². The van der Waals surface area contributed by atoms with Crippen LogP contribution in [-0.2, 0) is 25.5 Å². The van der Waals surface area contributed by atoms with Crippen molar-refractivity contribution in [3.05, 3.63) is 29.8 Å². The van der Waals surface area contributed by atoms with E-state index in [1.165, 1.54) is 0 Å². The number of unbranched alkanes of at least 4 members (excludes halogenated alkanes) is 2. The number of likely N-dealkylation sites (tertiary alicyclic amines) is 1. The molecular weight excluding hydrogens is 602 g/mol. The van der Waals surface area contributed by atoms with Gasteiger partial charge >= 0.3 is 6.09 Å². The summed E-state index contributed by atoms with van der Waals surface area (Å²) in [7, 11) is 0. The number of hydrogen-bond acceptors (Lipinski definition) is 9. The van der Waals surface area contributed by atoms with Crippen LogP contribution >= 0.6 is 0 Å². The highest BCUT2D eigenvalue weighted by Crippen LogP contribution is 2.40. The zero-order chi connectivity index (χ0) is 33.6. The molecule has 0 bridgehead atoms. The van der Waals surface area contributed by atoms with E-state index in [2.05, 4.69) is 4.90 Å². The van der Waals surface area contributed by atoms with Crippen LogP contribution < -0.4 is 20.9 Å². The van der Waals surface area contributed by atoms with Gasteiger partial charge in [0.05, 0.1) is 30.8 Å². The van der Waals surface area contributed by atoms with Crippen LogP contribution in [0.4, 0.5) is 4.79 Å². The summed E-state index contributed by atoms with van der Waals surface area (Å²) in [5.41, 5.74) is 12.4. The third-order valence-corrected chi connectivity index (χ3v) is 9.16. The summed E-state index contributed by atoms with van der Waals surface area (Å²) < 4.78 is 23.8. The Labute approximate surface area is 277 Å². The Balaban J connectivity index is 1.34. The summed E-state index contributed by atoms with van der Waals surface area (Å²) in [6.07, 6.45) is 4.82. The molecule has 0 radical (unpaired) electrons. The number of hydrogen-bond donors (Lipinski definition) is 2. The number of nitrogens with two attached hydrogens (primary N) is 2. The number of amides is 3. The van der Waals surface area contributed by atoms with Crippen molar-refractivity contribution in [1.82, 2.24) is 14.8 Å².